The summed E-state index contributed by atoms with van der Waals surface area (Å²) in [5.41, 5.74) is 1.82. The molecule has 0 radical (unpaired) electrons. The van der Waals surface area contributed by atoms with E-state index in [0.717, 1.165) is 35.5 Å². The van der Waals surface area contributed by atoms with Crippen LogP contribution in [-0.4, -0.2) is 31.3 Å². The van der Waals surface area contributed by atoms with Crippen LogP contribution in [0.1, 0.15) is 52.7 Å². The lowest BCUT2D eigenvalue weighted by molar-refractivity contribution is -0.00426. The van der Waals surface area contributed by atoms with Gasteiger partial charge in [-0.2, -0.15) is 0 Å². The highest BCUT2D eigenvalue weighted by molar-refractivity contribution is 6.55. The monoisotopic (exact) mass is 431 g/mol. The second-order valence-corrected chi connectivity index (χ2v) is 8.10. The molecule has 0 aromatic heterocycles. The lowest BCUT2D eigenvalue weighted by Crippen LogP contribution is -2.18. The topological polar surface area (TPSA) is 49.3 Å². The molecule has 0 saturated heterocycles. The molecule has 0 heterocycles. The second kappa shape index (κ2) is 12.1. The molecule has 1 aromatic rings. The van der Waals surface area contributed by atoms with Gasteiger partial charge in [0.1, 0.15) is 41.4 Å². The number of rotatable bonds is 10. The van der Waals surface area contributed by atoms with Gasteiger partial charge in [0, 0.05) is 6.92 Å². The maximum atomic E-state index is 6.01. The first-order valence-corrected chi connectivity index (χ1v) is 10.2. The van der Waals surface area contributed by atoms with Crippen LogP contribution in [-0.2, 0) is 22.4 Å². The average Bonchev–Trinajstić information content (AvgIpc) is 2.62. The molecule has 0 aliphatic heterocycles. The van der Waals surface area contributed by atoms with Crippen molar-refractivity contribution in [3.63, 3.8) is 0 Å². The van der Waals surface area contributed by atoms with Crippen molar-refractivity contribution in [2.75, 3.05) is 19.8 Å². The lowest BCUT2D eigenvalue weighted by Gasteiger charge is -2.18. The highest BCUT2D eigenvalue weighted by Crippen LogP contribution is 2.31. The standard InChI is InChI=1S/C21H31Cl2NO4/c1-7-16-13-18(26-10-9-19(22)23)14-17(8-2)20(16)27-12-11-25-15(3)24-28-21(4,5)6/h9,13-14H,7-8,10-12H2,1-6H3. The van der Waals surface area contributed by atoms with Gasteiger partial charge < -0.3 is 19.0 Å². The van der Waals surface area contributed by atoms with Crippen LogP contribution in [0.5, 0.6) is 11.5 Å². The molecule has 0 fully saturated rings. The fraction of sp³-hybridized carbons (Fsp3) is 0.571. The Balaban J connectivity index is 2.70. The van der Waals surface area contributed by atoms with E-state index in [-0.39, 0.29) is 10.1 Å². The van der Waals surface area contributed by atoms with E-state index >= 15 is 0 Å². The minimum absolute atomic E-state index is 0.193. The summed E-state index contributed by atoms with van der Waals surface area (Å²) in [6, 6.07) is 3.96. The minimum atomic E-state index is -0.345. The molecule has 0 amide bonds. The summed E-state index contributed by atoms with van der Waals surface area (Å²) in [6.07, 6.45) is 3.26. The van der Waals surface area contributed by atoms with E-state index in [4.69, 9.17) is 42.3 Å². The van der Waals surface area contributed by atoms with E-state index in [1.54, 1.807) is 13.0 Å². The molecule has 0 saturated carbocycles. The van der Waals surface area contributed by atoms with Gasteiger partial charge in [0.2, 0.25) is 5.90 Å². The first-order valence-electron chi connectivity index (χ1n) is 9.44. The number of halogens is 2. The van der Waals surface area contributed by atoms with Crippen LogP contribution in [0.3, 0.4) is 0 Å². The number of ether oxygens (including phenoxy) is 3. The molecular weight excluding hydrogens is 401 g/mol. The highest BCUT2D eigenvalue weighted by atomic mass is 35.5. The van der Waals surface area contributed by atoms with E-state index in [0.29, 0.717) is 25.7 Å². The summed E-state index contributed by atoms with van der Waals surface area (Å²) in [5, 5.41) is 3.96. The number of nitrogens with zero attached hydrogens (tertiary/aromatic N) is 1. The lowest BCUT2D eigenvalue weighted by atomic mass is 10.0. The Labute approximate surface area is 178 Å². The summed E-state index contributed by atoms with van der Waals surface area (Å²) in [7, 11) is 0. The minimum Gasteiger partial charge on any atom is -0.489 e. The van der Waals surface area contributed by atoms with Gasteiger partial charge in [-0.15, -0.1) is 0 Å². The SMILES string of the molecule is CCc1cc(OCC=C(Cl)Cl)cc(CC)c1OCCOC(C)=NOC(C)(C)C. The second-order valence-electron chi connectivity index (χ2n) is 7.09. The molecule has 5 nitrogen and oxygen atoms in total. The molecule has 0 unspecified atom stereocenters. The molecule has 0 N–H and O–H groups in total. The van der Waals surface area contributed by atoms with Crippen LogP contribution in [0.2, 0.25) is 0 Å². The maximum Gasteiger partial charge on any atom is 0.222 e. The van der Waals surface area contributed by atoms with Crippen LogP contribution in [0, 0.1) is 0 Å². The van der Waals surface area contributed by atoms with Crippen LogP contribution in [0.25, 0.3) is 0 Å². The van der Waals surface area contributed by atoms with E-state index in [9.17, 15) is 0 Å². The van der Waals surface area contributed by atoms with Crippen molar-refractivity contribution in [2.45, 2.75) is 60.0 Å². The summed E-state index contributed by atoms with van der Waals surface area (Å²) >= 11 is 11.2. The third kappa shape index (κ3) is 9.56. The Morgan fingerprint density at radius 1 is 1.04 bits per heavy atom. The Kier molecular flexibility index (Phi) is 10.5. The van der Waals surface area contributed by atoms with Crippen molar-refractivity contribution < 1.29 is 19.0 Å². The van der Waals surface area contributed by atoms with E-state index in [1.807, 2.05) is 32.9 Å². The molecule has 1 aromatic carbocycles. The molecule has 28 heavy (non-hydrogen) atoms. The molecule has 7 heteroatoms. The fourth-order valence-electron chi connectivity index (χ4n) is 2.28. The Bertz CT molecular complexity index is 652. The van der Waals surface area contributed by atoms with Crippen molar-refractivity contribution in [3.05, 3.63) is 33.8 Å². The van der Waals surface area contributed by atoms with Crippen LogP contribution in [0.4, 0.5) is 0 Å². The largest absolute Gasteiger partial charge is 0.489 e. The number of hydrogen-bond acceptors (Lipinski definition) is 5. The zero-order valence-electron chi connectivity index (χ0n) is 17.6. The zero-order chi connectivity index (χ0) is 21.2. The number of aryl methyl sites for hydroxylation is 2. The quantitative estimate of drug-likeness (QED) is 0.195. The number of oxime groups is 1. The van der Waals surface area contributed by atoms with Crippen molar-refractivity contribution in [3.8, 4) is 11.5 Å². The van der Waals surface area contributed by atoms with Crippen molar-refractivity contribution in [1.82, 2.24) is 0 Å². The molecule has 0 aliphatic carbocycles. The summed E-state index contributed by atoms with van der Waals surface area (Å²) in [5.74, 6) is 2.12. The van der Waals surface area contributed by atoms with Crippen LogP contribution >= 0.6 is 23.2 Å². The van der Waals surface area contributed by atoms with Gasteiger partial charge in [0.15, 0.2) is 0 Å². The zero-order valence-corrected chi connectivity index (χ0v) is 19.1. The average molecular weight is 432 g/mol. The first-order chi connectivity index (χ1) is 13.2. The maximum absolute atomic E-state index is 6.01. The van der Waals surface area contributed by atoms with Crippen LogP contribution in [0.15, 0.2) is 27.9 Å². The van der Waals surface area contributed by atoms with E-state index < -0.39 is 0 Å². The Morgan fingerprint density at radius 3 is 2.14 bits per heavy atom. The molecule has 0 atom stereocenters. The summed E-state index contributed by atoms with van der Waals surface area (Å²) in [6.45, 7) is 12.8. The normalized spacial score (nSPS) is 11.8. The Morgan fingerprint density at radius 2 is 1.64 bits per heavy atom. The third-order valence-electron chi connectivity index (χ3n) is 3.55. The van der Waals surface area contributed by atoms with Gasteiger partial charge in [-0.25, -0.2) is 0 Å². The van der Waals surface area contributed by atoms with Gasteiger partial charge in [0.05, 0.1) is 0 Å². The molecule has 0 aliphatic rings. The van der Waals surface area contributed by atoms with Crippen molar-refractivity contribution >= 4 is 29.1 Å². The highest BCUT2D eigenvalue weighted by Gasteiger charge is 2.12. The van der Waals surface area contributed by atoms with Gasteiger partial charge in [-0.3, -0.25) is 0 Å². The van der Waals surface area contributed by atoms with E-state index in [2.05, 4.69) is 19.0 Å². The number of benzene rings is 1. The van der Waals surface area contributed by atoms with Gasteiger partial charge >= 0.3 is 0 Å². The van der Waals surface area contributed by atoms with Gasteiger partial charge in [0.25, 0.3) is 0 Å². The summed E-state index contributed by atoms with van der Waals surface area (Å²) in [4.78, 5) is 5.33. The van der Waals surface area contributed by atoms with Gasteiger partial charge in [-0.1, -0.05) is 42.2 Å². The Hall–Kier alpha value is -1.59. The molecule has 0 bridgehead atoms. The summed E-state index contributed by atoms with van der Waals surface area (Å²) < 4.78 is 17.5. The molecular formula is C21H31Cl2NO4. The predicted molar refractivity (Wildman–Crippen MR) is 116 cm³/mol. The van der Waals surface area contributed by atoms with Crippen molar-refractivity contribution in [1.29, 1.82) is 0 Å². The first kappa shape index (κ1) is 24.4. The number of hydrogen-bond donors (Lipinski definition) is 0. The fourth-order valence-corrected chi connectivity index (χ4v) is 2.40. The van der Waals surface area contributed by atoms with Gasteiger partial charge in [-0.05, 0) is 62.9 Å². The van der Waals surface area contributed by atoms with Crippen LogP contribution < -0.4 is 9.47 Å². The molecule has 158 valence electrons. The van der Waals surface area contributed by atoms with E-state index in [1.165, 1.54) is 0 Å². The third-order valence-corrected chi connectivity index (χ3v) is 3.86. The molecule has 1 rings (SSSR count). The predicted octanol–water partition coefficient (Wildman–Crippen LogP) is 6.05. The smallest absolute Gasteiger partial charge is 0.222 e. The molecule has 0 spiro atoms. The van der Waals surface area contributed by atoms with Crippen molar-refractivity contribution in [2.24, 2.45) is 5.16 Å².